The number of carbonyl (C=O) groups excluding carboxylic acids is 1. The van der Waals surface area contributed by atoms with Crippen LogP contribution in [0, 0.1) is 11.3 Å². The fourth-order valence-corrected chi connectivity index (χ4v) is 4.58. The van der Waals surface area contributed by atoms with Gasteiger partial charge in [-0.3, -0.25) is 9.78 Å². The van der Waals surface area contributed by atoms with Gasteiger partial charge in [0.05, 0.1) is 24.4 Å². The second kappa shape index (κ2) is 7.47. The topological polar surface area (TPSA) is 106 Å². The first-order chi connectivity index (χ1) is 15.1. The summed E-state index contributed by atoms with van der Waals surface area (Å²) in [6.07, 6.45) is 6.41. The molecule has 2 N–H and O–H groups in total. The summed E-state index contributed by atoms with van der Waals surface area (Å²) >= 11 is 0. The van der Waals surface area contributed by atoms with Gasteiger partial charge >= 0.3 is 6.03 Å². The van der Waals surface area contributed by atoms with Crippen molar-refractivity contribution in [1.29, 1.82) is 5.26 Å². The summed E-state index contributed by atoms with van der Waals surface area (Å²) in [5, 5.41) is 24.6. The summed E-state index contributed by atoms with van der Waals surface area (Å²) in [5.41, 5.74) is 6.81. The van der Waals surface area contributed by atoms with Crippen LogP contribution in [0.3, 0.4) is 0 Å². The number of benzene rings is 1. The van der Waals surface area contributed by atoms with Crippen LogP contribution in [0.4, 0.5) is 16.3 Å². The third kappa shape index (κ3) is 3.20. The third-order valence-electron chi connectivity index (χ3n) is 6.14. The first-order valence-corrected chi connectivity index (χ1v) is 10.5. The molecule has 0 radical (unpaired) electrons. The van der Waals surface area contributed by atoms with E-state index in [1.807, 2.05) is 19.3 Å². The number of anilines is 2. The zero-order valence-corrected chi connectivity index (χ0v) is 17.6. The van der Waals surface area contributed by atoms with Crippen LogP contribution in [-0.2, 0) is 26.4 Å². The molecule has 0 aliphatic carbocycles. The predicted molar refractivity (Wildman–Crippen MR) is 116 cm³/mol. The molecule has 2 amide bonds. The van der Waals surface area contributed by atoms with E-state index in [0.717, 1.165) is 59.7 Å². The average molecular weight is 416 g/mol. The van der Waals surface area contributed by atoms with Crippen LogP contribution in [0.5, 0.6) is 0 Å². The van der Waals surface area contributed by atoms with Gasteiger partial charge in [-0.1, -0.05) is 0 Å². The first kappa shape index (κ1) is 19.2. The Labute approximate surface area is 180 Å². The highest BCUT2D eigenvalue weighted by Gasteiger charge is 2.30. The maximum atomic E-state index is 12.2. The van der Waals surface area contributed by atoms with Crippen molar-refractivity contribution in [3.8, 4) is 17.2 Å². The minimum atomic E-state index is -0.0790. The van der Waals surface area contributed by atoms with E-state index in [-0.39, 0.29) is 6.03 Å². The number of hydrogen-bond donors (Lipinski definition) is 2. The van der Waals surface area contributed by atoms with Gasteiger partial charge in [0.2, 0.25) is 0 Å². The first-order valence-electron chi connectivity index (χ1n) is 10.5. The number of H-pyrrole nitrogens is 1. The largest absolute Gasteiger partial charge is 0.341 e. The maximum absolute atomic E-state index is 12.2. The lowest BCUT2D eigenvalue weighted by Gasteiger charge is -2.33. The summed E-state index contributed by atoms with van der Waals surface area (Å²) in [4.78, 5) is 16.2. The fourth-order valence-electron chi connectivity index (χ4n) is 4.58. The molecule has 9 nitrogen and oxygen atoms in total. The van der Waals surface area contributed by atoms with E-state index in [2.05, 4.69) is 37.6 Å². The van der Waals surface area contributed by atoms with Gasteiger partial charge < -0.3 is 15.1 Å². The van der Waals surface area contributed by atoms with Crippen molar-refractivity contribution in [1.82, 2.24) is 30.2 Å². The zero-order valence-electron chi connectivity index (χ0n) is 17.6. The number of aromatic amines is 1. The summed E-state index contributed by atoms with van der Waals surface area (Å²) in [6, 6.07) is 6.37. The highest BCUT2D eigenvalue weighted by Crippen LogP contribution is 2.39. The smallest absolute Gasteiger partial charge is 0.317 e. The number of carbonyl (C=O) groups is 1. The van der Waals surface area contributed by atoms with E-state index in [4.69, 9.17) is 0 Å². The van der Waals surface area contributed by atoms with Crippen molar-refractivity contribution in [3.63, 3.8) is 0 Å². The number of hydrogen-bond acceptors (Lipinski definition) is 5. The lowest BCUT2D eigenvalue weighted by atomic mass is 9.93. The van der Waals surface area contributed by atoms with Crippen molar-refractivity contribution in [2.75, 3.05) is 25.0 Å². The van der Waals surface area contributed by atoms with Gasteiger partial charge in [-0.15, -0.1) is 0 Å². The second-order valence-electron chi connectivity index (χ2n) is 8.03. The number of nitriles is 1. The van der Waals surface area contributed by atoms with E-state index in [0.29, 0.717) is 18.7 Å². The van der Waals surface area contributed by atoms with Gasteiger partial charge in [0, 0.05) is 67.9 Å². The number of fused-ring (bicyclic) bond motifs is 2. The van der Waals surface area contributed by atoms with Crippen molar-refractivity contribution in [2.24, 2.45) is 7.05 Å². The van der Waals surface area contributed by atoms with Crippen LogP contribution in [0.1, 0.15) is 28.8 Å². The van der Waals surface area contributed by atoms with E-state index in [9.17, 15) is 10.1 Å². The Morgan fingerprint density at radius 2 is 2.16 bits per heavy atom. The molecular weight excluding hydrogens is 392 g/mol. The lowest BCUT2D eigenvalue weighted by Crippen LogP contribution is -2.41. The highest BCUT2D eigenvalue weighted by atomic mass is 16.2. The molecule has 0 spiro atoms. The standard InChI is InChI=1S/C22H24N8O/c1-24-22(31)29-7-5-19-18(13-29)21(27-26-19)30-6-3-4-14-8-17(15(10-23)9-20(14)30)16-11-25-28(2)12-16/h8-9,11-12H,3-7,13H2,1-2H3,(H,24,31)(H,26,27). The van der Waals surface area contributed by atoms with E-state index >= 15 is 0 Å². The highest BCUT2D eigenvalue weighted by molar-refractivity contribution is 5.79. The monoisotopic (exact) mass is 416 g/mol. The van der Waals surface area contributed by atoms with Gasteiger partial charge in [0.25, 0.3) is 0 Å². The molecule has 1 aromatic carbocycles. The van der Waals surface area contributed by atoms with Crippen LogP contribution in [0.15, 0.2) is 24.5 Å². The van der Waals surface area contributed by atoms with Gasteiger partial charge in [0.1, 0.15) is 0 Å². The SMILES string of the molecule is CNC(=O)N1CCc2[nH]nc(N3CCCc4cc(-c5cnn(C)c5)c(C#N)cc43)c2C1. The molecule has 0 unspecified atom stereocenters. The molecule has 0 saturated carbocycles. The summed E-state index contributed by atoms with van der Waals surface area (Å²) < 4.78 is 1.75. The summed E-state index contributed by atoms with van der Waals surface area (Å²) in [6.45, 7) is 2.00. The molecule has 3 aromatic rings. The Morgan fingerprint density at radius 1 is 1.29 bits per heavy atom. The van der Waals surface area contributed by atoms with Gasteiger partial charge in [-0.25, -0.2) is 4.79 Å². The zero-order chi connectivity index (χ0) is 21.5. The molecule has 0 fully saturated rings. The second-order valence-corrected chi connectivity index (χ2v) is 8.03. The Kier molecular flexibility index (Phi) is 4.62. The van der Waals surface area contributed by atoms with Gasteiger partial charge in [0.15, 0.2) is 5.82 Å². The van der Waals surface area contributed by atoms with Crippen molar-refractivity contribution >= 4 is 17.5 Å². The number of nitrogens with one attached hydrogen (secondary N) is 2. The molecule has 0 bridgehead atoms. The minimum absolute atomic E-state index is 0.0790. The number of aromatic nitrogens is 4. The summed E-state index contributed by atoms with van der Waals surface area (Å²) in [7, 11) is 3.52. The van der Waals surface area contributed by atoms with E-state index in [1.54, 1.807) is 22.8 Å². The molecule has 4 heterocycles. The maximum Gasteiger partial charge on any atom is 0.317 e. The van der Waals surface area contributed by atoms with Crippen LogP contribution in [0.2, 0.25) is 0 Å². The predicted octanol–water partition coefficient (Wildman–Crippen LogP) is 2.46. The quantitative estimate of drug-likeness (QED) is 0.668. The molecule has 2 aromatic heterocycles. The van der Waals surface area contributed by atoms with Crippen LogP contribution in [-0.4, -0.2) is 51.0 Å². The fraction of sp³-hybridized carbons (Fsp3) is 0.364. The van der Waals surface area contributed by atoms with Gasteiger partial charge in [-0.2, -0.15) is 15.5 Å². The normalized spacial score (nSPS) is 15.3. The third-order valence-corrected chi connectivity index (χ3v) is 6.14. The number of amides is 2. The molecule has 9 heteroatoms. The number of urea groups is 1. The number of rotatable bonds is 2. The van der Waals surface area contributed by atoms with Crippen molar-refractivity contribution in [2.45, 2.75) is 25.8 Å². The Morgan fingerprint density at radius 3 is 2.90 bits per heavy atom. The molecule has 2 aliphatic rings. The van der Waals surface area contributed by atoms with E-state index in [1.165, 1.54) is 5.56 Å². The Bertz CT molecular complexity index is 1200. The molecule has 5 rings (SSSR count). The van der Waals surface area contributed by atoms with E-state index < -0.39 is 0 Å². The minimum Gasteiger partial charge on any atom is -0.341 e. The molecule has 31 heavy (non-hydrogen) atoms. The van der Waals surface area contributed by atoms with Crippen molar-refractivity contribution < 1.29 is 4.79 Å². The Hall–Kier alpha value is -3.80. The molecular formula is C22H24N8O. The molecule has 0 saturated heterocycles. The molecule has 0 atom stereocenters. The molecule has 2 aliphatic heterocycles. The van der Waals surface area contributed by atoms with Crippen LogP contribution in [0.25, 0.3) is 11.1 Å². The summed E-state index contributed by atoms with van der Waals surface area (Å²) in [5.74, 6) is 0.850. The van der Waals surface area contributed by atoms with Crippen molar-refractivity contribution in [3.05, 3.63) is 46.9 Å². The lowest BCUT2D eigenvalue weighted by molar-refractivity contribution is 0.194. The molecule has 158 valence electrons. The van der Waals surface area contributed by atoms with Crippen LogP contribution < -0.4 is 10.2 Å². The number of nitrogens with zero attached hydrogens (tertiary/aromatic N) is 6. The average Bonchev–Trinajstić information content (AvgIpc) is 3.42. The van der Waals surface area contributed by atoms with Gasteiger partial charge in [-0.05, 0) is 30.5 Å². The van der Waals surface area contributed by atoms with Crippen LogP contribution >= 0.6 is 0 Å². The number of aryl methyl sites for hydroxylation is 2. The Balaban J connectivity index is 1.56.